The minimum atomic E-state index is -0.0454. The maximum absolute atomic E-state index is 11.6. The Morgan fingerprint density at radius 1 is 1.41 bits per heavy atom. The smallest absolute Gasteiger partial charge is 0.238 e. The van der Waals surface area contributed by atoms with Crippen LogP contribution >= 0.6 is 11.6 Å². The molecule has 0 bridgehead atoms. The summed E-state index contributed by atoms with van der Waals surface area (Å²) in [6, 6.07) is 5.48. The monoisotopic (exact) mass is 254 g/mol. The number of anilines is 1. The van der Waals surface area contributed by atoms with E-state index in [0.29, 0.717) is 17.5 Å². The fraction of sp³-hybridized carbons (Fsp3) is 0.462. The molecule has 0 spiro atoms. The summed E-state index contributed by atoms with van der Waals surface area (Å²) in [5.74, 6) is 0.492. The van der Waals surface area contributed by atoms with Crippen LogP contribution in [0.2, 0.25) is 5.02 Å². The van der Waals surface area contributed by atoms with E-state index in [1.807, 2.05) is 25.1 Å². The van der Waals surface area contributed by atoms with Gasteiger partial charge in [0.25, 0.3) is 0 Å². The van der Waals surface area contributed by atoms with Gasteiger partial charge in [-0.3, -0.25) is 4.79 Å². The summed E-state index contributed by atoms with van der Waals surface area (Å²) >= 11 is 5.98. The quantitative estimate of drug-likeness (QED) is 0.848. The van der Waals surface area contributed by atoms with E-state index in [0.717, 1.165) is 17.8 Å². The van der Waals surface area contributed by atoms with Crippen molar-refractivity contribution in [3.05, 3.63) is 28.8 Å². The number of nitrogens with one attached hydrogen (secondary N) is 2. The molecule has 0 radical (unpaired) electrons. The van der Waals surface area contributed by atoms with Crippen molar-refractivity contribution in [2.24, 2.45) is 5.92 Å². The summed E-state index contributed by atoms with van der Waals surface area (Å²) in [4.78, 5) is 11.6. The molecule has 2 N–H and O–H groups in total. The largest absolute Gasteiger partial charge is 0.325 e. The van der Waals surface area contributed by atoms with Gasteiger partial charge in [0.2, 0.25) is 5.91 Å². The third kappa shape index (κ3) is 4.75. The van der Waals surface area contributed by atoms with Gasteiger partial charge in [-0.15, -0.1) is 0 Å². The van der Waals surface area contributed by atoms with E-state index in [1.165, 1.54) is 0 Å². The molecule has 17 heavy (non-hydrogen) atoms. The molecule has 3 nitrogen and oxygen atoms in total. The molecular formula is C13H19ClN2O. The van der Waals surface area contributed by atoms with Gasteiger partial charge in [-0.2, -0.15) is 0 Å². The van der Waals surface area contributed by atoms with Gasteiger partial charge >= 0.3 is 0 Å². The maximum Gasteiger partial charge on any atom is 0.238 e. The Labute approximate surface area is 108 Å². The molecule has 4 heteroatoms. The zero-order chi connectivity index (χ0) is 12.8. The van der Waals surface area contributed by atoms with E-state index < -0.39 is 0 Å². The van der Waals surface area contributed by atoms with Gasteiger partial charge in [-0.1, -0.05) is 31.5 Å². The molecule has 0 atom stereocenters. The van der Waals surface area contributed by atoms with Crippen LogP contribution in [0.5, 0.6) is 0 Å². The van der Waals surface area contributed by atoms with Gasteiger partial charge in [0.1, 0.15) is 0 Å². The van der Waals surface area contributed by atoms with Crippen LogP contribution in [-0.4, -0.2) is 19.0 Å². The van der Waals surface area contributed by atoms with Crippen molar-refractivity contribution in [2.75, 3.05) is 18.4 Å². The normalized spacial score (nSPS) is 10.6. The Morgan fingerprint density at radius 3 is 2.76 bits per heavy atom. The molecule has 0 aromatic heterocycles. The lowest BCUT2D eigenvalue weighted by Crippen LogP contribution is -2.30. The zero-order valence-corrected chi connectivity index (χ0v) is 11.3. The number of rotatable bonds is 5. The summed E-state index contributed by atoms with van der Waals surface area (Å²) < 4.78 is 0. The average molecular weight is 255 g/mol. The van der Waals surface area contributed by atoms with Crippen LogP contribution in [0.15, 0.2) is 18.2 Å². The summed E-state index contributed by atoms with van der Waals surface area (Å²) in [6.07, 6.45) is 0. The van der Waals surface area contributed by atoms with Crippen molar-refractivity contribution < 1.29 is 4.79 Å². The van der Waals surface area contributed by atoms with Crippen molar-refractivity contribution in [3.63, 3.8) is 0 Å². The van der Waals surface area contributed by atoms with Crippen LogP contribution < -0.4 is 10.6 Å². The predicted molar refractivity (Wildman–Crippen MR) is 72.5 cm³/mol. The Hall–Kier alpha value is -1.06. The van der Waals surface area contributed by atoms with Crippen LogP contribution in [0.4, 0.5) is 5.69 Å². The fourth-order valence-electron chi connectivity index (χ4n) is 1.41. The van der Waals surface area contributed by atoms with Crippen LogP contribution in [0, 0.1) is 12.8 Å². The van der Waals surface area contributed by atoms with Gasteiger partial charge in [0, 0.05) is 10.7 Å². The highest BCUT2D eigenvalue weighted by Crippen LogP contribution is 2.22. The predicted octanol–water partition coefficient (Wildman–Crippen LogP) is 2.83. The van der Waals surface area contributed by atoms with Gasteiger partial charge in [0.05, 0.1) is 6.54 Å². The van der Waals surface area contributed by atoms with Crippen molar-refractivity contribution in [3.8, 4) is 0 Å². The lowest BCUT2D eigenvalue weighted by molar-refractivity contribution is -0.115. The Bertz CT molecular complexity index is 391. The second-order valence-corrected chi connectivity index (χ2v) is 4.89. The molecule has 1 aromatic rings. The Kier molecular flexibility index (Phi) is 5.45. The number of hydrogen-bond acceptors (Lipinski definition) is 2. The molecule has 1 rings (SSSR count). The van der Waals surface area contributed by atoms with Crippen molar-refractivity contribution in [1.82, 2.24) is 5.32 Å². The zero-order valence-electron chi connectivity index (χ0n) is 10.5. The van der Waals surface area contributed by atoms with Crippen molar-refractivity contribution in [2.45, 2.75) is 20.8 Å². The summed E-state index contributed by atoms with van der Waals surface area (Å²) in [6.45, 7) is 7.25. The molecule has 0 heterocycles. The molecule has 94 valence electrons. The van der Waals surface area contributed by atoms with E-state index in [9.17, 15) is 4.79 Å². The van der Waals surface area contributed by atoms with Crippen molar-refractivity contribution >= 4 is 23.2 Å². The topological polar surface area (TPSA) is 41.1 Å². The van der Waals surface area contributed by atoms with Gasteiger partial charge in [-0.25, -0.2) is 0 Å². The molecule has 0 fully saturated rings. The highest BCUT2D eigenvalue weighted by molar-refractivity contribution is 6.31. The standard InChI is InChI=1S/C13H19ClN2O/c1-9(2)7-15-8-13(17)16-12-6-4-5-11(14)10(12)3/h4-6,9,15H,7-8H2,1-3H3,(H,16,17). The fourth-order valence-corrected chi connectivity index (χ4v) is 1.59. The highest BCUT2D eigenvalue weighted by atomic mass is 35.5. The van der Waals surface area contributed by atoms with Gasteiger partial charge in [0.15, 0.2) is 0 Å². The molecule has 0 aliphatic carbocycles. The molecule has 0 saturated carbocycles. The average Bonchev–Trinajstić information content (AvgIpc) is 2.24. The summed E-state index contributed by atoms with van der Waals surface area (Å²) in [5.41, 5.74) is 1.67. The third-order valence-corrected chi connectivity index (χ3v) is 2.79. The van der Waals surface area contributed by atoms with E-state index in [-0.39, 0.29) is 5.91 Å². The van der Waals surface area contributed by atoms with Gasteiger partial charge < -0.3 is 10.6 Å². The number of carbonyl (C=O) groups is 1. The Balaban J connectivity index is 2.48. The minimum absolute atomic E-state index is 0.0454. The highest BCUT2D eigenvalue weighted by Gasteiger charge is 2.06. The minimum Gasteiger partial charge on any atom is -0.325 e. The van der Waals surface area contributed by atoms with E-state index in [4.69, 9.17) is 11.6 Å². The number of benzene rings is 1. The molecule has 0 aliphatic rings. The maximum atomic E-state index is 11.6. The molecule has 0 unspecified atom stereocenters. The van der Waals surface area contributed by atoms with E-state index in [2.05, 4.69) is 24.5 Å². The van der Waals surface area contributed by atoms with Crippen LogP contribution in [0.3, 0.4) is 0 Å². The second kappa shape index (κ2) is 6.62. The summed E-state index contributed by atoms with van der Waals surface area (Å²) in [7, 11) is 0. The first-order chi connectivity index (χ1) is 8.00. The molecular weight excluding hydrogens is 236 g/mol. The van der Waals surface area contributed by atoms with Crippen LogP contribution in [-0.2, 0) is 4.79 Å². The lowest BCUT2D eigenvalue weighted by Gasteiger charge is -2.10. The second-order valence-electron chi connectivity index (χ2n) is 4.49. The molecule has 1 amide bonds. The first kappa shape index (κ1) is 14.0. The van der Waals surface area contributed by atoms with Crippen molar-refractivity contribution in [1.29, 1.82) is 0 Å². The van der Waals surface area contributed by atoms with Gasteiger partial charge in [-0.05, 0) is 37.1 Å². The SMILES string of the molecule is Cc1c(Cl)cccc1NC(=O)CNCC(C)C. The first-order valence-corrected chi connectivity index (χ1v) is 6.14. The van der Waals surface area contributed by atoms with E-state index >= 15 is 0 Å². The lowest BCUT2D eigenvalue weighted by atomic mass is 10.2. The molecule has 0 saturated heterocycles. The summed E-state index contributed by atoms with van der Waals surface area (Å²) in [5, 5.41) is 6.60. The molecule has 1 aromatic carbocycles. The number of amides is 1. The third-order valence-electron chi connectivity index (χ3n) is 2.38. The van der Waals surface area contributed by atoms with Crippen LogP contribution in [0.1, 0.15) is 19.4 Å². The number of carbonyl (C=O) groups excluding carboxylic acids is 1. The number of halogens is 1. The number of hydrogen-bond donors (Lipinski definition) is 2. The first-order valence-electron chi connectivity index (χ1n) is 5.76. The Morgan fingerprint density at radius 2 is 2.12 bits per heavy atom. The van der Waals surface area contributed by atoms with Crippen LogP contribution in [0.25, 0.3) is 0 Å². The molecule has 0 aliphatic heterocycles. The van der Waals surface area contributed by atoms with E-state index in [1.54, 1.807) is 0 Å².